The Morgan fingerprint density at radius 3 is 2.71 bits per heavy atom. The van der Waals surface area contributed by atoms with E-state index >= 15 is 0 Å². The molecular weight excluding hydrogens is 305 g/mol. The molecule has 106 valence electrons. The minimum atomic E-state index is -0.217. The van der Waals surface area contributed by atoms with Crippen LogP contribution in [0.5, 0.6) is 0 Å². The first-order chi connectivity index (χ1) is 10.2. The lowest BCUT2D eigenvalue weighted by atomic mass is 10.2. The Balaban J connectivity index is 1.78. The second-order valence-electron chi connectivity index (χ2n) is 4.37. The maximum Gasteiger partial charge on any atom is 0.123 e. The number of nitrogens with two attached hydrogens (primary N) is 1. The van der Waals surface area contributed by atoms with Crippen molar-refractivity contribution in [3.63, 3.8) is 0 Å². The molecule has 0 amide bonds. The monoisotopic (exact) mass is 317 g/mol. The number of pyridine rings is 1. The Bertz CT molecular complexity index is 741. The van der Waals surface area contributed by atoms with Crippen LogP contribution in [0.25, 0.3) is 10.4 Å². The number of nitrogen functional groups attached to an aromatic ring is 1. The highest BCUT2D eigenvalue weighted by molar-refractivity contribution is 7.98. The van der Waals surface area contributed by atoms with Crippen molar-refractivity contribution in [2.45, 2.75) is 10.8 Å². The molecule has 0 saturated carbocycles. The fourth-order valence-electron chi connectivity index (χ4n) is 1.85. The summed E-state index contributed by atoms with van der Waals surface area (Å²) >= 11 is 3.20. The Morgan fingerprint density at radius 1 is 1.14 bits per heavy atom. The molecule has 1 aromatic carbocycles. The van der Waals surface area contributed by atoms with Gasteiger partial charge in [0, 0.05) is 11.9 Å². The predicted octanol–water partition coefficient (Wildman–Crippen LogP) is 4.22. The second-order valence-corrected chi connectivity index (χ2v) is 6.19. The summed E-state index contributed by atoms with van der Waals surface area (Å²) in [5.74, 6) is 1.03. The molecule has 0 unspecified atom stereocenters. The maximum atomic E-state index is 12.9. The fraction of sp³-hybridized carbons (Fsp3) is 0.0667. The predicted molar refractivity (Wildman–Crippen MR) is 85.7 cm³/mol. The van der Waals surface area contributed by atoms with Crippen molar-refractivity contribution in [2.24, 2.45) is 0 Å². The van der Waals surface area contributed by atoms with Crippen molar-refractivity contribution >= 4 is 28.9 Å². The third-order valence-corrected chi connectivity index (χ3v) is 4.93. The first-order valence-electron chi connectivity index (χ1n) is 6.25. The van der Waals surface area contributed by atoms with Crippen LogP contribution in [-0.4, -0.2) is 9.97 Å². The normalized spacial score (nSPS) is 10.7. The minimum absolute atomic E-state index is 0.217. The first kappa shape index (κ1) is 14.0. The van der Waals surface area contributed by atoms with Crippen LogP contribution in [0, 0.1) is 5.82 Å². The zero-order valence-corrected chi connectivity index (χ0v) is 12.6. The van der Waals surface area contributed by atoms with E-state index in [4.69, 9.17) is 5.73 Å². The molecule has 0 aliphatic heterocycles. The van der Waals surface area contributed by atoms with Gasteiger partial charge in [-0.15, -0.1) is 23.1 Å². The van der Waals surface area contributed by atoms with Crippen molar-refractivity contribution in [1.82, 2.24) is 9.97 Å². The molecule has 0 atom stereocenters. The third kappa shape index (κ3) is 3.40. The van der Waals surface area contributed by atoms with Gasteiger partial charge < -0.3 is 5.73 Å². The zero-order valence-electron chi connectivity index (χ0n) is 11.0. The lowest BCUT2D eigenvalue weighted by molar-refractivity contribution is 0.627. The van der Waals surface area contributed by atoms with Crippen molar-refractivity contribution in [1.29, 1.82) is 0 Å². The van der Waals surface area contributed by atoms with E-state index in [0.717, 1.165) is 26.8 Å². The summed E-state index contributed by atoms with van der Waals surface area (Å²) in [7, 11) is 0. The maximum absolute atomic E-state index is 12.9. The van der Waals surface area contributed by atoms with Crippen LogP contribution in [-0.2, 0) is 5.75 Å². The summed E-state index contributed by atoms with van der Waals surface area (Å²) in [6.45, 7) is 0. The summed E-state index contributed by atoms with van der Waals surface area (Å²) in [5, 5.41) is 0.954. The van der Waals surface area contributed by atoms with E-state index in [1.165, 1.54) is 12.1 Å². The highest BCUT2D eigenvalue weighted by atomic mass is 32.2. The number of rotatable bonds is 4. The van der Waals surface area contributed by atoms with Crippen LogP contribution < -0.4 is 5.73 Å². The number of hydrogen-bond acceptors (Lipinski definition) is 5. The number of benzene rings is 1. The lowest BCUT2D eigenvalue weighted by Crippen LogP contribution is -1.89. The number of nitrogens with zero attached hydrogens (tertiary/aromatic N) is 2. The van der Waals surface area contributed by atoms with Crippen LogP contribution >= 0.6 is 23.1 Å². The Kier molecular flexibility index (Phi) is 4.17. The van der Waals surface area contributed by atoms with Crippen LogP contribution in [0.15, 0.2) is 53.1 Å². The van der Waals surface area contributed by atoms with Crippen LogP contribution in [0.2, 0.25) is 0 Å². The SMILES string of the molecule is Nc1cc(-c2scnc2SCc2ccc(F)cc2)ccn1. The van der Waals surface area contributed by atoms with E-state index in [2.05, 4.69) is 9.97 Å². The first-order valence-corrected chi connectivity index (χ1v) is 8.11. The smallest absolute Gasteiger partial charge is 0.123 e. The van der Waals surface area contributed by atoms with E-state index in [1.54, 1.807) is 41.4 Å². The Hall–Kier alpha value is -1.92. The van der Waals surface area contributed by atoms with Gasteiger partial charge in [0.1, 0.15) is 16.7 Å². The molecular formula is C15H12FN3S2. The molecule has 2 aromatic heterocycles. The molecule has 0 saturated heterocycles. The van der Waals surface area contributed by atoms with E-state index < -0.39 is 0 Å². The summed E-state index contributed by atoms with van der Waals surface area (Å²) < 4.78 is 12.9. The van der Waals surface area contributed by atoms with Crippen molar-refractivity contribution in [2.75, 3.05) is 5.73 Å². The molecule has 3 aromatic rings. The van der Waals surface area contributed by atoms with Crippen molar-refractivity contribution < 1.29 is 4.39 Å². The Morgan fingerprint density at radius 2 is 1.95 bits per heavy atom. The third-order valence-electron chi connectivity index (χ3n) is 2.87. The molecule has 0 aliphatic rings. The molecule has 0 aliphatic carbocycles. The number of hydrogen-bond donors (Lipinski definition) is 1. The average Bonchev–Trinajstić information content (AvgIpc) is 2.95. The van der Waals surface area contributed by atoms with Gasteiger partial charge in [-0.25, -0.2) is 14.4 Å². The highest BCUT2D eigenvalue weighted by Crippen LogP contribution is 2.35. The number of thiazole rings is 1. The molecule has 0 fully saturated rings. The molecule has 0 bridgehead atoms. The minimum Gasteiger partial charge on any atom is -0.384 e. The van der Waals surface area contributed by atoms with Crippen LogP contribution in [0.4, 0.5) is 10.2 Å². The molecule has 6 heteroatoms. The molecule has 0 spiro atoms. The van der Waals surface area contributed by atoms with Gasteiger partial charge in [-0.05, 0) is 35.4 Å². The van der Waals surface area contributed by atoms with Gasteiger partial charge in [0.05, 0.1) is 10.4 Å². The summed E-state index contributed by atoms with van der Waals surface area (Å²) in [6, 6.07) is 10.3. The number of aromatic nitrogens is 2. The quantitative estimate of drug-likeness (QED) is 0.732. The highest BCUT2D eigenvalue weighted by Gasteiger charge is 2.10. The Labute approximate surface area is 130 Å². The number of anilines is 1. The van der Waals surface area contributed by atoms with Crippen molar-refractivity contribution in [3.05, 3.63) is 59.5 Å². The van der Waals surface area contributed by atoms with Gasteiger partial charge in [0.15, 0.2) is 0 Å². The fourth-order valence-corrected chi connectivity index (χ4v) is 3.79. The van der Waals surface area contributed by atoms with E-state index in [0.29, 0.717) is 5.82 Å². The standard InChI is InChI=1S/C15H12FN3S2/c16-12-3-1-10(2-4-12)8-20-15-14(21-9-19-15)11-5-6-18-13(17)7-11/h1-7,9H,8H2,(H2,17,18). The molecule has 2 N–H and O–H groups in total. The van der Waals surface area contributed by atoms with E-state index in [1.807, 2.05) is 17.6 Å². The molecule has 0 radical (unpaired) electrons. The van der Waals surface area contributed by atoms with E-state index in [-0.39, 0.29) is 5.82 Å². The van der Waals surface area contributed by atoms with Crippen molar-refractivity contribution in [3.8, 4) is 10.4 Å². The summed E-state index contributed by atoms with van der Waals surface area (Å²) in [6.07, 6.45) is 1.69. The van der Waals surface area contributed by atoms with Gasteiger partial charge in [0.25, 0.3) is 0 Å². The molecule has 2 heterocycles. The van der Waals surface area contributed by atoms with Gasteiger partial charge in [0.2, 0.25) is 0 Å². The topological polar surface area (TPSA) is 51.8 Å². The molecule has 3 nitrogen and oxygen atoms in total. The second kappa shape index (κ2) is 6.24. The van der Waals surface area contributed by atoms with Gasteiger partial charge in [-0.1, -0.05) is 12.1 Å². The van der Waals surface area contributed by atoms with Gasteiger partial charge in [-0.2, -0.15) is 0 Å². The van der Waals surface area contributed by atoms with E-state index in [9.17, 15) is 4.39 Å². The van der Waals surface area contributed by atoms with Crippen LogP contribution in [0.3, 0.4) is 0 Å². The zero-order chi connectivity index (χ0) is 14.7. The largest absolute Gasteiger partial charge is 0.384 e. The summed E-state index contributed by atoms with van der Waals surface area (Å²) in [5.41, 5.74) is 9.63. The molecule has 3 rings (SSSR count). The number of thioether (sulfide) groups is 1. The van der Waals surface area contributed by atoms with Crippen LogP contribution in [0.1, 0.15) is 5.56 Å². The van der Waals surface area contributed by atoms with Gasteiger partial charge in [-0.3, -0.25) is 0 Å². The average molecular weight is 317 g/mol. The lowest BCUT2D eigenvalue weighted by Gasteiger charge is -2.04. The summed E-state index contributed by atoms with van der Waals surface area (Å²) in [4.78, 5) is 9.48. The van der Waals surface area contributed by atoms with Gasteiger partial charge >= 0.3 is 0 Å². The molecule has 21 heavy (non-hydrogen) atoms. The number of halogens is 1.